The number of hydrogen-bond acceptors (Lipinski definition) is 2. The molecule has 1 aromatic carbocycles. The molecule has 0 bridgehead atoms. The number of halogens is 1. The van der Waals surface area contributed by atoms with Crippen LogP contribution in [0.15, 0.2) is 35.3 Å². The van der Waals surface area contributed by atoms with Gasteiger partial charge in [0.25, 0.3) is 0 Å². The van der Waals surface area contributed by atoms with E-state index >= 15 is 0 Å². The molecule has 2 rings (SSSR count). The molecular weight excluding hydrogens is 229 g/mol. The van der Waals surface area contributed by atoms with Crippen molar-refractivity contribution < 1.29 is 8.81 Å². The van der Waals surface area contributed by atoms with E-state index in [1.807, 2.05) is 19.9 Å². The summed E-state index contributed by atoms with van der Waals surface area (Å²) in [6.07, 6.45) is 2.65. The molecule has 0 saturated heterocycles. The molecule has 2 nitrogen and oxygen atoms in total. The fourth-order valence-electron chi connectivity index (χ4n) is 2.24. The van der Waals surface area contributed by atoms with Crippen LogP contribution in [0.25, 0.3) is 11.0 Å². The van der Waals surface area contributed by atoms with Gasteiger partial charge in [-0.3, -0.25) is 0 Å². The first-order chi connectivity index (χ1) is 8.67. The maximum atomic E-state index is 13.2. The summed E-state index contributed by atoms with van der Waals surface area (Å²) >= 11 is 0. The number of nitrogens with one attached hydrogen (secondary N) is 1. The zero-order valence-corrected chi connectivity index (χ0v) is 10.8. The highest BCUT2D eigenvalue weighted by Crippen LogP contribution is 2.31. The Kier molecular flexibility index (Phi) is 3.82. The van der Waals surface area contributed by atoms with E-state index in [1.165, 1.54) is 12.1 Å². The van der Waals surface area contributed by atoms with Gasteiger partial charge in [-0.1, -0.05) is 13.0 Å². The van der Waals surface area contributed by atoms with Gasteiger partial charge in [-0.15, -0.1) is 6.58 Å². The number of fused-ring (bicyclic) bond motifs is 1. The van der Waals surface area contributed by atoms with E-state index in [0.717, 1.165) is 35.3 Å². The van der Waals surface area contributed by atoms with Crippen molar-refractivity contribution >= 4 is 11.0 Å². The molecule has 3 heteroatoms. The number of benzene rings is 1. The summed E-state index contributed by atoms with van der Waals surface area (Å²) in [5.74, 6) is 0.638. The van der Waals surface area contributed by atoms with Gasteiger partial charge in [0.2, 0.25) is 0 Å². The average molecular weight is 247 g/mol. The minimum absolute atomic E-state index is 0.1000. The summed E-state index contributed by atoms with van der Waals surface area (Å²) in [4.78, 5) is 0. The van der Waals surface area contributed by atoms with Gasteiger partial charge < -0.3 is 9.73 Å². The summed E-state index contributed by atoms with van der Waals surface area (Å²) in [6, 6.07) is 4.72. The van der Waals surface area contributed by atoms with E-state index in [9.17, 15) is 4.39 Å². The quantitative estimate of drug-likeness (QED) is 0.804. The van der Waals surface area contributed by atoms with Crippen LogP contribution in [0.4, 0.5) is 4.39 Å². The second kappa shape index (κ2) is 5.36. The molecule has 1 unspecified atom stereocenters. The van der Waals surface area contributed by atoms with E-state index in [-0.39, 0.29) is 11.9 Å². The molecule has 1 N–H and O–H groups in total. The Hall–Kier alpha value is -1.61. The molecule has 2 aromatic rings. The van der Waals surface area contributed by atoms with Crippen LogP contribution in [0.5, 0.6) is 0 Å². The average Bonchev–Trinajstić information content (AvgIpc) is 2.67. The van der Waals surface area contributed by atoms with Crippen LogP contribution >= 0.6 is 0 Å². The molecule has 1 atom stereocenters. The standard InChI is InChI=1S/C15H18FNO/c1-4-6-13(17-5-2)15-10(3)12-9-11(16)7-8-14(12)18-15/h4,7-9,13,17H,1,5-6H2,2-3H3. The van der Waals surface area contributed by atoms with Crippen LogP contribution in [0.2, 0.25) is 0 Å². The van der Waals surface area contributed by atoms with Crippen LogP contribution in [0, 0.1) is 12.7 Å². The molecule has 18 heavy (non-hydrogen) atoms. The van der Waals surface area contributed by atoms with Gasteiger partial charge in [-0.2, -0.15) is 0 Å². The Labute approximate surface area is 106 Å². The van der Waals surface area contributed by atoms with Crippen molar-refractivity contribution in [3.63, 3.8) is 0 Å². The van der Waals surface area contributed by atoms with Crippen molar-refractivity contribution in [2.45, 2.75) is 26.3 Å². The first-order valence-electron chi connectivity index (χ1n) is 6.20. The number of furan rings is 1. The molecule has 1 aromatic heterocycles. The second-order valence-electron chi connectivity index (χ2n) is 4.37. The van der Waals surface area contributed by atoms with Crippen LogP contribution in [-0.2, 0) is 0 Å². The van der Waals surface area contributed by atoms with Gasteiger partial charge in [-0.05, 0) is 38.1 Å². The van der Waals surface area contributed by atoms with Crippen molar-refractivity contribution in [1.82, 2.24) is 5.32 Å². The van der Waals surface area contributed by atoms with Gasteiger partial charge in [0.15, 0.2) is 0 Å². The lowest BCUT2D eigenvalue weighted by molar-refractivity contribution is 0.436. The molecule has 96 valence electrons. The first kappa shape index (κ1) is 12.8. The summed E-state index contributed by atoms with van der Waals surface area (Å²) in [5, 5.41) is 4.20. The van der Waals surface area contributed by atoms with Crippen LogP contribution in [0.3, 0.4) is 0 Å². The van der Waals surface area contributed by atoms with Crippen molar-refractivity contribution in [3.8, 4) is 0 Å². The van der Waals surface area contributed by atoms with Gasteiger partial charge >= 0.3 is 0 Å². The first-order valence-corrected chi connectivity index (χ1v) is 6.20. The number of rotatable bonds is 5. The maximum absolute atomic E-state index is 13.2. The van der Waals surface area contributed by atoms with E-state index in [1.54, 1.807) is 6.07 Å². The zero-order valence-electron chi connectivity index (χ0n) is 10.8. The van der Waals surface area contributed by atoms with Crippen molar-refractivity contribution in [1.29, 1.82) is 0 Å². The smallest absolute Gasteiger partial charge is 0.134 e. The molecular formula is C15H18FNO. The summed E-state index contributed by atoms with van der Waals surface area (Å²) in [7, 11) is 0. The Morgan fingerprint density at radius 3 is 2.94 bits per heavy atom. The third-order valence-corrected chi connectivity index (χ3v) is 3.10. The zero-order chi connectivity index (χ0) is 13.1. The lowest BCUT2D eigenvalue weighted by Crippen LogP contribution is -2.20. The Morgan fingerprint density at radius 2 is 2.28 bits per heavy atom. The maximum Gasteiger partial charge on any atom is 0.134 e. The van der Waals surface area contributed by atoms with E-state index in [2.05, 4.69) is 11.9 Å². The van der Waals surface area contributed by atoms with Gasteiger partial charge in [0.1, 0.15) is 17.2 Å². The molecule has 0 radical (unpaired) electrons. The SMILES string of the molecule is C=CCC(NCC)c1oc2ccc(F)cc2c1C. The third-order valence-electron chi connectivity index (χ3n) is 3.10. The van der Waals surface area contributed by atoms with Gasteiger partial charge in [-0.25, -0.2) is 4.39 Å². The molecule has 0 aliphatic carbocycles. The predicted molar refractivity (Wildman–Crippen MR) is 72.1 cm³/mol. The van der Waals surface area contributed by atoms with E-state index < -0.39 is 0 Å². The van der Waals surface area contributed by atoms with Crippen molar-refractivity contribution in [3.05, 3.63) is 48.0 Å². The van der Waals surface area contributed by atoms with Crippen LogP contribution in [-0.4, -0.2) is 6.54 Å². The molecule has 0 fully saturated rings. The normalized spacial score (nSPS) is 12.8. The molecule has 0 saturated carbocycles. The highest BCUT2D eigenvalue weighted by molar-refractivity contribution is 5.82. The minimum atomic E-state index is -0.235. The van der Waals surface area contributed by atoms with Crippen LogP contribution < -0.4 is 5.32 Å². The molecule has 1 heterocycles. The Bertz CT molecular complexity index is 559. The summed E-state index contributed by atoms with van der Waals surface area (Å²) < 4.78 is 19.1. The van der Waals surface area contributed by atoms with Crippen molar-refractivity contribution in [2.75, 3.05) is 6.54 Å². The largest absolute Gasteiger partial charge is 0.459 e. The minimum Gasteiger partial charge on any atom is -0.459 e. The highest BCUT2D eigenvalue weighted by Gasteiger charge is 2.18. The van der Waals surface area contributed by atoms with E-state index in [4.69, 9.17) is 4.42 Å². The summed E-state index contributed by atoms with van der Waals surface area (Å²) in [6.45, 7) is 8.63. The second-order valence-corrected chi connectivity index (χ2v) is 4.37. The molecule has 0 aliphatic heterocycles. The number of hydrogen-bond donors (Lipinski definition) is 1. The van der Waals surface area contributed by atoms with E-state index in [0.29, 0.717) is 0 Å². The fourth-order valence-corrected chi connectivity index (χ4v) is 2.24. The lowest BCUT2D eigenvalue weighted by atomic mass is 10.1. The third kappa shape index (κ3) is 2.31. The Morgan fingerprint density at radius 1 is 1.50 bits per heavy atom. The van der Waals surface area contributed by atoms with Crippen molar-refractivity contribution in [2.24, 2.45) is 0 Å². The summed E-state index contributed by atoms with van der Waals surface area (Å²) in [5.41, 5.74) is 1.73. The van der Waals surface area contributed by atoms with Gasteiger partial charge in [0, 0.05) is 10.9 Å². The monoisotopic (exact) mass is 247 g/mol. The fraction of sp³-hybridized carbons (Fsp3) is 0.333. The highest BCUT2D eigenvalue weighted by atomic mass is 19.1. The topological polar surface area (TPSA) is 25.2 Å². The molecule has 0 spiro atoms. The Balaban J connectivity index is 2.49. The number of aryl methyl sites for hydroxylation is 1. The lowest BCUT2D eigenvalue weighted by Gasteiger charge is -2.14. The van der Waals surface area contributed by atoms with Crippen LogP contribution in [0.1, 0.15) is 30.7 Å². The predicted octanol–water partition coefficient (Wildman–Crippen LogP) is 4.11. The molecule has 0 amide bonds. The van der Waals surface area contributed by atoms with Gasteiger partial charge in [0.05, 0.1) is 6.04 Å². The molecule has 0 aliphatic rings.